The Labute approximate surface area is 543 Å². The van der Waals surface area contributed by atoms with Crippen LogP contribution in [0.3, 0.4) is 0 Å². The van der Waals surface area contributed by atoms with E-state index in [0.717, 1.165) is 74.7 Å². The quantitative estimate of drug-likeness (QED) is 0.0169. The molecular formula is C77H120BCl3N2O3. The topological polar surface area (TPSA) is 55.3 Å². The summed E-state index contributed by atoms with van der Waals surface area (Å²) in [6, 6.07) is 40.4. The van der Waals surface area contributed by atoms with Gasteiger partial charge in [0.05, 0.1) is 48.6 Å². The van der Waals surface area contributed by atoms with Crippen molar-refractivity contribution in [1.82, 2.24) is 0 Å². The Hall–Kier alpha value is -3.17. The van der Waals surface area contributed by atoms with Crippen LogP contribution in [-0.4, -0.2) is 64.2 Å². The Balaban J connectivity index is 0.000000343. The highest BCUT2D eigenvalue weighted by Gasteiger charge is 2.37. The Morgan fingerprint density at radius 3 is 0.930 bits per heavy atom. The third-order valence-electron chi connectivity index (χ3n) is 17.6. The van der Waals surface area contributed by atoms with E-state index in [1.54, 1.807) is 0 Å². The van der Waals surface area contributed by atoms with Crippen LogP contribution in [0, 0.1) is 20.8 Å². The Morgan fingerprint density at radius 2 is 0.651 bits per heavy atom. The molecule has 5 aromatic carbocycles. The van der Waals surface area contributed by atoms with Crippen molar-refractivity contribution in [2.75, 3.05) is 47.9 Å². The molecule has 5 nitrogen and oxygen atoms in total. The first-order chi connectivity index (χ1) is 41.4. The number of halogens is 3. The van der Waals surface area contributed by atoms with Crippen molar-refractivity contribution in [3.05, 3.63) is 175 Å². The zero-order chi connectivity index (χ0) is 62.7. The predicted molar refractivity (Wildman–Crippen MR) is 373 cm³/mol. The predicted octanol–water partition coefficient (Wildman–Crippen LogP) is 21.7. The number of aryl methyl sites for hydroxylation is 3. The molecule has 0 aromatic heterocycles. The van der Waals surface area contributed by atoms with Crippen LogP contribution in [0.4, 0.5) is 0 Å². The molecule has 0 aliphatic rings. The molecule has 0 unspecified atom stereocenters. The fraction of sp³-hybridized carbons (Fsp3) is 0.610. The number of nitrogens with zero attached hydrogens (tertiary/aromatic N) is 2. The minimum Gasteiger partial charge on any atom is -0.871 e. The summed E-state index contributed by atoms with van der Waals surface area (Å²) in [4.78, 5) is 0. The maximum absolute atomic E-state index is 10.6. The van der Waals surface area contributed by atoms with Crippen LogP contribution < -0.4 is 10.0 Å². The number of quaternary nitrogens is 2. The maximum atomic E-state index is 10.6. The Bertz CT molecular complexity index is 2260. The summed E-state index contributed by atoms with van der Waals surface area (Å²) in [7, 11) is 7.24. The van der Waals surface area contributed by atoms with Gasteiger partial charge in [0.2, 0.25) is 0 Å². The van der Waals surface area contributed by atoms with Crippen molar-refractivity contribution >= 4 is 42.1 Å². The summed E-state index contributed by atoms with van der Waals surface area (Å²) in [5, 5.41) is 23.4. The van der Waals surface area contributed by atoms with Gasteiger partial charge < -0.3 is 23.7 Å². The van der Waals surface area contributed by atoms with Crippen LogP contribution in [-0.2, 0) is 23.2 Å². The van der Waals surface area contributed by atoms with Gasteiger partial charge in [-0.2, -0.15) is 0 Å². The van der Waals surface area contributed by atoms with Gasteiger partial charge in [0, 0.05) is 38.2 Å². The van der Waals surface area contributed by atoms with E-state index >= 15 is 0 Å². The van der Waals surface area contributed by atoms with E-state index < -0.39 is 12.7 Å². The third kappa shape index (κ3) is 33.6. The third-order valence-corrected chi connectivity index (χ3v) is 18.8. The molecule has 86 heavy (non-hydrogen) atoms. The fourth-order valence-corrected chi connectivity index (χ4v) is 12.7. The summed E-state index contributed by atoms with van der Waals surface area (Å²) in [5.41, 5.74) is 8.55. The van der Waals surface area contributed by atoms with E-state index in [-0.39, 0.29) is 6.61 Å². The first-order valence-corrected chi connectivity index (χ1v) is 35.5. The average molecular weight is 1240 g/mol. The van der Waals surface area contributed by atoms with Crippen molar-refractivity contribution in [2.45, 2.75) is 259 Å². The molecule has 5 aromatic rings. The average Bonchev–Trinajstić information content (AvgIpc) is 2.50. The highest BCUT2D eigenvalue weighted by molar-refractivity contribution is 6.32. The molecule has 0 bridgehead atoms. The molecule has 0 heterocycles. The van der Waals surface area contributed by atoms with E-state index in [1.807, 2.05) is 57.2 Å². The standard InChI is InChI=1S/C27H28BCl3O3.2C25H46N/c1-18-7-10-21(15-24(18)29)27(13-5-4-6-14-34-28(32)33,22-11-8-19(2)25(30)16-22)23-12-9-20(3)26(31)17-23;2*1-4-5-6-7-8-9-10-11-12-13-14-15-16-20-23-26(2,3)24-25-21-18-17-19-22-25/h7-12,15-17H,4-6,13-14H2,1-3H3;2*17-19,21-22H,4-16,20,23-24H2,1-3H3/q-2;2*+1. The molecule has 5 rings (SSSR count). The fourth-order valence-electron chi connectivity index (χ4n) is 12.1. The van der Waals surface area contributed by atoms with Crippen molar-refractivity contribution in [3.8, 4) is 0 Å². The van der Waals surface area contributed by atoms with E-state index in [1.165, 1.54) is 204 Å². The first kappa shape index (κ1) is 77.1. The summed E-state index contributed by atoms with van der Waals surface area (Å²) < 4.78 is 6.88. The van der Waals surface area contributed by atoms with Crippen LogP contribution in [0.15, 0.2) is 115 Å². The van der Waals surface area contributed by atoms with Gasteiger partial charge in [-0.1, -0.05) is 313 Å². The van der Waals surface area contributed by atoms with Gasteiger partial charge in [0.25, 0.3) is 0 Å². The van der Waals surface area contributed by atoms with E-state index in [9.17, 15) is 10.0 Å². The lowest BCUT2D eigenvalue weighted by molar-refractivity contribution is -0.903. The molecule has 0 saturated heterocycles. The molecule has 0 amide bonds. The van der Waals surface area contributed by atoms with Crippen LogP contribution >= 0.6 is 34.8 Å². The zero-order valence-corrected chi connectivity index (χ0v) is 58.2. The van der Waals surface area contributed by atoms with Gasteiger partial charge in [0.15, 0.2) is 0 Å². The van der Waals surface area contributed by atoms with Crippen LogP contribution in [0.25, 0.3) is 0 Å². The second-order valence-electron chi connectivity index (χ2n) is 26.6. The number of benzene rings is 5. The highest BCUT2D eigenvalue weighted by Crippen LogP contribution is 2.46. The largest absolute Gasteiger partial charge is 0.871 e. The lowest BCUT2D eigenvalue weighted by Crippen LogP contribution is -2.47. The van der Waals surface area contributed by atoms with Crippen LogP contribution in [0.2, 0.25) is 15.1 Å². The second-order valence-corrected chi connectivity index (χ2v) is 27.8. The van der Waals surface area contributed by atoms with Gasteiger partial charge >= 0.3 is 0 Å². The van der Waals surface area contributed by atoms with Gasteiger partial charge in [-0.15, -0.1) is 0 Å². The lowest BCUT2D eigenvalue weighted by Gasteiger charge is -2.37. The minimum atomic E-state index is -2.24. The molecular weight excluding hydrogens is 1120 g/mol. The monoisotopic (exact) mass is 1240 g/mol. The molecule has 0 N–H and O–H groups in total. The van der Waals surface area contributed by atoms with Crippen molar-refractivity contribution in [2.24, 2.45) is 0 Å². The second kappa shape index (κ2) is 46.0. The van der Waals surface area contributed by atoms with Crippen molar-refractivity contribution in [3.63, 3.8) is 0 Å². The van der Waals surface area contributed by atoms with E-state index in [4.69, 9.17) is 34.8 Å². The normalized spacial score (nSPS) is 11.7. The van der Waals surface area contributed by atoms with E-state index in [2.05, 4.69) is 126 Å². The SMILES string of the molecule is CCCCCCCCCCCCCCCC[N+](C)(C)Cc1ccccc1.CCCCCCCCCCCCCCCC[N+](C)(C)Cc1ccccc1.Cc1ccc(C(CCCCCOB([O-])[O-])(c2ccc(C)c(Cl)c2)c2ccc(C)c(Cl)c2)cc1Cl. The molecule has 0 radical (unpaired) electrons. The Kier molecular flexibility index (Phi) is 41.2. The van der Waals surface area contributed by atoms with Gasteiger partial charge in [-0.05, 0) is 111 Å². The number of unbranched alkanes of at least 4 members (excludes halogenated alkanes) is 28. The Morgan fingerprint density at radius 1 is 0.372 bits per heavy atom. The molecule has 0 aliphatic heterocycles. The number of hydrogen-bond donors (Lipinski definition) is 0. The van der Waals surface area contributed by atoms with Gasteiger partial charge in [-0.25, -0.2) is 0 Å². The number of hydrogen-bond acceptors (Lipinski definition) is 3. The molecule has 0 saturated carbocycles. The summed E-state index contributed by atoms with van der Waals surface area (Å²) >= 11 is 19.8. The molecule has 0 fully saturated rings. The molecule has 480 valence electrons. The summed E-state index contributed by atoms with van der Waals surface area (Å²) in [6.07, 6.45) is 43.4. The maximum Gasteiger partial charge on any atom is 0.104 e. The van der Waals surface area contributed by atoms with E-state index in [0.29, 0.717) is 21.5 Å². The summed E-state index contributed by atoms with van der Waals surface area (Å²) in [6.45, 7) is 15.6. The molecule has 0 aliphatic carbocycles. The summed E-state index contributed by atoms with van der Waals surface area (Å²) in [5.74, 6) is 0. The molecule has 0 atom stereocenters. The molecule has 9 heteroatoms. The van der Waals surface area contributed by atoms with Crippen molar-refractivity contribution < 1.29 is 23.7 Å². The van der Waals surface area contributed by atoms with Crippen LogP contribution in [0.5, 0.6) is 0 Å². The van der Waals surface area contributed by atoms with Crippen LogP contribution in [0.1, 0.15) is 264 Å². The molecule has 0 spiro atoms. The number of rotatable bonds is 44. The van der Waals surface area contributed by atoms with Gasteiger partial charge in [-0.3, -0.25) is 0 Å². The first-order valence-electron chi connectivity index (χ1n) is 34.4. The highest BCUT2D eigenvalue weighted by atomic mass is 35.5. The minimum absolute atomic E-state index is 0.160. The van der Waals surface area contributed by atoms with Crippen molar-refractivity contribution in [1.29, 1.82) is 0 Å². The lowest BCUT2D eigenvalue weighted by atomic mass is 9.66. The zero-order valence-electron chi connectivity index (χ0n) is 56.0. The smallest absolute Gasteiger partial charge is 0.104 e. The van der Waals surface area contributed by atoms with Gasteiger partial charge in [0.1, 0.15) is 13.1 Å².